The Morgan fingerprint density at radius 3 is 2.48 bits per heavy atom. The number of nitrogens with zero attached hydrogens (tertiary/aromatic N) is 3. The van der Waals surface area contributed by atoms with Gasteiger partial charge in [0, 0.05) is 19.2 Å². The van der Waals surface area contributed by atoms with Gasteiger partial charge in [0.2, 0.25) is 5.91 Å². The lowest BCUT2D eigenvalue weighted by Crippen LogP contribution is -2.30. The third-order valence-corrected chi connectivity index (χ3v) is 7.11. The molecule has 0 spiro atoms. The Bertz CT molecular complexity index is 1000. The van der Waals surface area contributed by atoms with Crippen molar-refractivity contribution in [1.82, 2.24) is 9.97 Å². The van der Waals surface area contributed by atoms with Crippen LogP contribution in [0, 0.1) is 6.92 Å². The van der Waals surface area contributed by atoms with Gasteiger partial charge in [-0.25, -0.2) is 19.6 Å². The molecule has 1 amide bonds. The molecule has 0 radical (unpaired) electrons. The van der Waals surface area contributed by atoms with Gasteiger partial charge >= 0.3 is 11.9 Å². The van der Waals surface area contributed by atoms with Crippen LogP contribution in [0.3, 0.4) is 0 Å². The SMILES string of the molecule is CCOC(=O)c1sc(NC(=O)CSc2cc(N3CCCCC3)ncn2)c(C(=O)OCC)c1C. The topological polar surface area (TPSA) is 111 Å². The normalized spacial score (nSPS) is 13.5. The van der Waals surface area contributed by atoms with Gasteiger partial charge in [-0.15, -0.1) is 11.3 Å². The van der Waals surface area contributed by atoms with Crippen molar-refractivity contribution in [1.29, 1.82) is 0 Å². The molecule has 2 aromatic heterocycles. The van der Waals surface area contributed by atoms with Crippen LogP contribution >= 0.6 is 23.1 Å². The number of carbonyl (C=O) groups is 3. The van der Waals surface area contributed by atoms with E-state index in [1.807, 2.05) is 6.07 Å². The summed E-state index contributed by atoms with van der Waals surface area (Å²) in [5.41, 5.74) is 0.611. The highest BCUT2D eigenvalue weighted by molar-refractivity contribution is 7.99. The fourth-order valence-corrected chi connectivity index (χ4v) is 5.22. The third-order valence-electron chi connectivity index (χ3n) is 5.00. The molecule has 178 valence electrons. The molecule has 33 heavy (non-hydrogen) atoms. The molecule has 3 heterocycles. The number of amides is 1. The summed E-state index contributed by atoms with van der Waals surface area (Å²) in [5.74, 6) is -0.492. The van der Waals surface area contributed by atoms with E-state index >= 15 is 0 Å². The van der Waals surface area contributed by atoms with E-state index in [0.717, 1.165) is 43.1 Å². The van der Waals surface area contributed by atoms with E-state index in [0.29, 0.717) is 10.6 Å². The molecule has 1 N–H and O–H groups in total. The second-order valence-electron chi connectivity index (χ2n) is 7.30. The molecular weight excluding hydrogens is 464 g/mol. The van der Waals surface area contributed by atoms with E-state index in [9.17, 15) is 14.4 Å². The molecular formula is C22H28N4O5S2. The number of piperidine rings is 1. The summed E-state index contributed by atoms with van der Waals surface area (Å²) in [6, 6.07) is 1.89. The Labute approximate surface area is 201 Å². The number of ether oxygens (including phenoxy) is 2. The van der Waals surface area contributed by atoms with Crippen LogP contribution in [-0.4, -0.2) is 59.9 Å². The summed E-state index contributed by atoms with van der Waals surface area (Å²) in [7, 11) is 0. The van der Waals surface area contributed by atoms with Gasteiger partial charge < -0.3 is 19.7 Å². The van der Waals surface area contributed by atoms with Gasteiger partial charge in [-0.2, -0.15) is 0 Å². The Kier molecular flexibility index (Phi) is 9.07. The molecule has 0 unspecified atom stereocenters. The highest BCUT2D eigenvalue weighted by atomic mass is 32.2. The van der Waals surface area contributed by atoms with E-state index in [4.69, 9.17) is 9.47 Å². The van der Waals surface area contributed by atoms with Crippen LogP contribution in [0.4, 0.5) is 10.8 Å². The smallest absolute Gasteiger partial charge is 0.348 e. The fraction of sp³-hybridized carbons (Fsp3) is 0.500. The second kappa shape index (κ2) is 12.0. The van der Waals surface area contributed by atoms with Gasteiger partial charge in [0.1, 0.15) is 27.0 Å². The summed E-state index contributed by atoms with van der Waals surface area (Å²) in [6.45, 7) is 7.37. The van der Waals surface area contributed by atoms with Crippen LogP contribution in [0.1, 0.15) is 58.7 Å². The number of esters is 2. The molecule has 1 saturated heterocycles. The van der Waals surface area contributed by atoms with Crippen molar-refractivity contribution in [3.05, 3.63) is 28.4 Å². The number of carbonyl (C=O) groups excluding carboxylic acids is 3. The van der Waals surface area contributed by atoms with Gasteiger partial charge in [-0.3, -0.25) is 4.79 Å². The first kappa shape index (κ1) is 25.0. The van der Waals surface area contributed by atoms with Crippen molar-refractivity contribution in [2.75, 3.05) is 42.3 Å². The molecule has 1 aliphatic heterocycles. The summed E-state index contributed by atoms with van der Waals surface area (Å²) in [4.78, 5) is 48.5. The quantitative estimate of drug-likeness (QED) is 0.316. The molecule has 0 saturated carbocycles. The van der Waals surface area contributed by atoms with Crippen molar-refractivity contribution in [2.24, 2.45) is 0 Å². The maximum atomic E-state index is 12.7. The second-order valence-corrected chi connectivity index (χ2v) is 9.32. The van der Waals surface area contributed by atoms with Gasteiger partial charge in [-0.1, -0.05) is 11.8 Å². The minimum absolute atomic E-state index is 0.0877. The van der Waals surface area contributed by atoms with Crippen molar-refractivity contribution >= 4 is 51.8 Å². The average Bonchev–Trinajstić information content (AvgIpc) is 3.14. The van der Waals surface area contributed by atoms with Gasteiger partial charge in [0.05, 0.1) is 24.5 Å². The molecule has 11 heteroatoms. The van der Waals surface area contributed by atoms with Crippen molar-refractivity contribution < 1.29 is 23.9 Å². The van der Waals surface area contributed by atoms with E-state index in [1.54, 1.807) is 20.8 Å². The number of hydrogen-bond donors (Lipinski definition) is 1. The standard InChI is InChI=1S/C22H28N4O5S2/c1-4-30-21(28)18-14(3)19(22(29)31-5-2)33-20(18)25-16(27)12-32-17-11-15(23-13-24-17)26-9-7-6-8-10-26/h11,13H,4-10,12H2,1-3H3,(H,25,27). The first-order chi connectivity index (χ1) is 15.9. The fourth-order valence-electron chi connectivity index (χ4n) is 3.45. The maximum Gasteiger partial charge on any atom is 0.348 e. The Morgan fingerprint density at radius 1 is 1.09 bits per heavy atom. The van der Waals surface area contributed by atoms with Gasteiger partial charge in [-0.05, 0) is 45.6 Å². The maximum absolute atomic E-state index is 12.7. The predicted octanol–water partition coefficient (Wildman–Crippen LogP) is 3.92. The molecule has 2 aromatic rings. The first-order valence-electron chi connectivity index (χ1n) is 10.9. The summed E-state index contributed by atoms with van der Waals surface area (Å²) in [6.07, 6.45) is 5.03. The summed E-state index contributed by atoms with van der Waals surface area (Å²) in [5, 5.41) is 3.72. The summed E-state index contributed by atoms with van der Waals surface area (Å²) >= 11 is 2.29. The van der Waals surface area contributed by atoms with Crippen LogP contribution < -0.4 is 10.2 Å². The van der Waals surface area contributed by atoms with E-state index < -0.39 is 11.9 Å². The van der Waals surface area contributed by atoms with Crippen LogP contribution in [0.25, 0.3) is 0 Å². The number of nitrogens with one attached hydrogen (secondary N) is 1. The Hall–Kier alpha value is -2.66. The zero-order valence-corrected chi connectivity index (χ0v) is 20.6. The molecule has 3 rings (SSSR count). The minimum Gasteiger partial charge on any atom is -0.462 e. The molecule has 9 nitrogen and oxygen atoms in total. The lowest BCUT2D eigenvalue weighted by atomic mass is 10.1. The van der Waals surface area contributed by atoms with Crippen molar-refractivity contribution in [2.45, 2.75) is 45.1 Å². The molecule has 0 atom stereocenters. The van der Waals surface area contributed by atoms with Crippen LogP contribution in [0.15, 0.2) is 17.4 Å². The number of aromatic nitrogens is 2. The number of anilines is 2. The number of rotatable bonds is 9. The zero-order valence-electron chi connectivity index (χ0n) is 19.0. The minimum atomic E-state index is -0.591. The zero-order chi connectivity index (χ0) is 23.8. The van der Waals surface area contributed by atoms with E-state index in [1.165, 1.54) is 24.5 Å². The highest BCUT2D eigenvalue weighted by Crippen LogP contribution is 2.34. The van der Waals surface area contributed by atoms with Crippen molar-refractivity contribution in [3.8, 4) is 0 Å². The Morgan fingerprint density at radius 2 is 1.79 bits per heavy atom. The monoisotopic (exact) mass is 492 g/mol. The lowest BCUT2D eigenvalue weighted by molar-refractivity contribution is -0.113. The van der Waals surface area contributed by atoms with Gasteiger partial charge in [0.15, 0.2) is 0 Å². The third kappa shape index (κ3) is 6.44. The highest BCUT2D eigenvalue weighted by Gasteiger charge is 2.27. The van der Waals surface area contributed by atoms with Crippen LogP contribution in [0.5, 0.6) is 0 Å². The largest absolute Gasteiger partial charge is 0.462 e. The van der Waals surface area contributed by atoms with Crippen molar-refractivity contribution in [3.63, 3.8) is 0 Å². The number of thiophene rings is 1. The molecule has 1 fully saturated rings. The van der Waals surface area contributed by atoms with Crippen LogP contribution in [0.2, 0.25) is 0 Å². The molecule has 1 aliphatic rings. The summed E-state index contributed by atoms with van der Waals surface area (Å²) < 4.78 is 10.2. The molecule has 0 bridgehead atoms. The lowest BCUT2D eigenvalue weighted by Gasteiger charge is -2.27. The van der Waals surface area contributed by atoms with Gasteiger partial charge in [0.25, 0.3) is 0 Å². The van der Waals surface area contributed by atoms with Crippen LogP contribution in [-0.2, 0) is 14.3 Å². The van der Waals surface area contributed by atoms with E-state index in [-0.39, 0.29) is 40.3 Å². The average molecular weight is 493 g/mol. The molecule has 0 aromatic carbocycles. The first-order valence-corrected chi connectivity index (χ1v) is 12.7. The Balaban J connectivity index is 1.70. The predicted molar refractivity (Wildman–Crippen MR) is 128 cm³/mol. The number of thioether (sulfide) groups is 1. The number of hydrogen-bond acceptors (Lipinski definition) is 10. The van der Waals surface area contributed by atoms with E-state index in [2.05, 4.69) is 20.2 Å². The molecule has 0 aliphatic carbocycles.